The monoisotopic (exact) mass is 400 g/mol. The Hall–Kier alpha value is -2.86. The van der Waals surface area contributed by atoms with Gasteiger partial charge < -0.3 is 15.0 Å². The molecule has 0 saturated carbocycles. The second-order valence-electron chi connectivity index (χ2n) is 6.45. The molecule has 0 radical (unpaired) electrons. The summed E-state index contributed by atoms with van der Waals surface area (Å²) in [4.78, 5) is 42.5. The Kier molecular flexibility index (Phi) is 6.66. The molecule has 2 amide bonds. The van der Waals surface area contributed by atoms with E-state index in [0.29, 0.717) is 10.9 Å². The SMILES string of the molecule is N#CCOC(=O)c1cccc(NC(=O)C[C@@H]2SC(N3CCCCC3)=NC2=O)c1. The van der Waals surface area contributed by atoms with Crippen molar-refractivity contribution in [3.63, 3.8) is 0 Å². The molecule has 0 unspecified atom stereocenters. The number of piperidine rings is 1. The number of amidine groups is 1. The summed E-state index contributed by atoms with van der Waals surface area (Å²) in [5, 5.41) is 11.3. The first-order valence-corrected chi connectivity index (χ1v) is 9.93. The second kappa shape index (κ2) is 9.37. The van der Waals surface area contributed by atoms with Crippen LogP contribution in [0.15, 0.2) is 29.3 Å². The minimum absolute atomic E-state index is 0.00739. The number of aliphatic imine (C=N–C) groups is 1. The number of rotatable bonds is 5. The molecular weight excluding hydrogens is 380 g/mol. The van der Waals surface area contributed by atoms with Crippen molar-refractivity contribution in [3.05, 3.63) is 29.8 Å². The van der Waals surface area contributed by atoms with Gasteiger partial charge >= 0.3 is 5.97 Å². The molecule has 1 saturated heterocycles. The van der Waals surface area contributed by atoms with Crippen molar-refractivity contribution < 1.29 is 19.1 Å². The van der Waals surface area contributed by atoms with Gasteiger partial charge in [0.15, 0.2) is 11.8 Å². The predicted molar refractivity (Wildman–Crippen MR) is 105 cm³/mol. The Morgan fingerprint density at radius 1 is 1.32 bits per heavy atom. The lowest BCUT2D eigenvalue weighted by atomic mass is 10.1. The number of thioether (sulfide) groups is 1. The number of ether oxygens (including phenoxy) is 1. The normalized spacial score (nSPS) is 19.0. The molecule has 1 N–H and O–H groups in total. The fourth-order valence-corrected chi connectivity index (χ4v) is 4.13. The van der Waals surface area contributed by atoms with Crippen LogP contribution < -0.4 is 5.32 Å². The lowest BCUT2D eigenvalue weighted by Gasteiger charge is -2.27. The van der Waals surface area contributed by atoms with E-state index in [9.17, 15) is 14.4 Å². The van der Waals surface area contributed by atoms with Gasteiger partial charge in [-0.25, -0.2) is 4.79 Å². The number of likely N-dealkylation sites (tertiary alicyclic amines) is 1. The first-order chi connectivity index (χ1) is 13.6. The standard InChI is InChI=1S/C19H20N4O4S/c20-7-10-27-18(26)13-5-4-6-14(11-13)21-16(24)12-15-17(25)22-19(28-15)23-8-2-1-3-9-23/h4-6,11,15H,1-3,8-10,12H2,(H,21,24)/t15-/m0/s1. The molecule has 2 aliphatic rings. The van der Waals surface area contributed by atoms with E-state index in [4.69, 9.17) is 10.00 Å². The van der Waals surface area contributed by atoms with E-state index in [2.05, 4.69) is 15.2 Å². The van der Waals surface area contributed by atoms with E-state index in [1.807, 2.05) is 0 Å². The zero-order valence-corrected chi connectivity index (χ0v) is 16.0. The van der Waals surface area contributed by atoms with Crippen LogP contribution in [0.3, 0.4) is 0 Å². The van der Waals surface area contributed by atoms with Crippen molar-refractivity contribution >= 4 is 40.4 Å². The fraction of sp³-hybridized carbons (Fsp3) is 0.421. The number of nitrogens with one attached hydrogen (secondary N) is 1. The molecular formula is C19H20N4O4S. The molecule has 2 heterocycles. The van der Waals surface area contributed by atoms with Gasteiger partial charge in [0.25, 0.3) is 5.91 Å². The zero-order chi connectivity index (χ0) is 19.9. The van der Waals surface area contributed by atoms with Crippen LogP contribution in [0.25, 0.3) is 0 Å². The minimum atomic E-state index is -0.640. The van der Waals surface area contributed by atoms with Crippen LogP contribution in [0, 0.1) is 11.3 Å². The summed E-state index contributed by atoms with van der Waals surface area (Å²) in [6, 6.07) is 7.97. The molecule has 8 nitrogen and oxygen atoms in total. The number of anilines is 1. The highest BCUT2D eigenvalue weighted by atomic mass is 32.2. The van der Waals surface area contributed by atoms with Crippen LogP contribution in [0.1, 0.15) is 36.0 Å². The number of carbonyl (C=O) groups is 3. The summed E-state index contributed by atoms with van der Waals surface area (Å²) in [5.74, 6) is -1.25. The molecule has 0 aliphatic carbocycles. The van der Waals surface area contributed by atoms with Gasteiger partial charge in [-0.2, -0.15) is 10.3 Å². The molecule has 0 bridgehead atoms. The van der Waals surface area contributed by atoms with Gasteiger partial charge in [-0.15, -0.1) is 0 Å². The lowest BCUT2D eigenvalue weighted by molar-refractivity contribution is -0.121. The summed E-state index contributed by atoms with van der Waals surface area (Å²) < 4.78 is 4.75. The molecule has 1 fully saturated rings. The number of carbonyl (C=O) groups excluding carboxylic acids is 3. The number of nitriles is 1. The molecule has 3 rings (SSSR count). The van der Waals surface area contributed by atoms with Crippen molar-refractivity contribution in [2.75, 3.05) is 25.0 Å². The van der Waals surface area contributed by atoms with Gasteiger partial charge in [-0.05, 0) is 37.5 Å². The topological polar surface area (TPSA) is 112 Å². The van der Waals surface area contributed by atoms with Gasteiger partial charge in [-0.3, -0.25) is 9.59 Å². The number of benzene rings is 1. The maximum absolute atomic E-state index is 12.3. The Balaban J connectivity index is 1.54. The van der Waals surface area contributed by atoms with Crippen molar-refractivity contribution in [2.45, 2.75) is 30.9 Å². The van der Waals surface area contributed by atoms with Crippen molar-refractivity contribution in [1.29, 1.82) is 5.26 Å². The van der Waals surface area contributed by atoms with Gasteiger partial charge in [0, 0.05) is 25.2 Å². The number of nitrogens with zero attached hydrogens (tertiary/aromatic N) is 3. The number of hydrogen-bond donors (Lipinski definition) is 1. The first kappa shape index (κ1) is 19.9. The average Bonchev–Trinajstić information content (AvgIpc) is 3.07. The molecule has 0 aromatic heterocycles. The van der Waals surface area contributed by atoms with Crippen molar-refractivity contribution in [3.8, 4) is 6.07 Å². The number of hydrogen-bond acceptors (Lipinski definition) is 7. The van der Waals surface area contributed by atoms with E-state index < -0.39 is 11.2 Å². The maximum atomic E-state index is 12.3. The quantitative estimate of drug-likeness (QED) is 0.754. The zero-order valence-electron chi connectivity index (χ0n) is 15.2. The fourth-order valence-electron chi connectivity index (χ4n) is 3.02. The molecule has 2 aliphatic heterocycles. The Morgan fingerprint density at radius 2 is 2.11 bits per heavy atom. The maximum Gasteiger partial charge on any atom is 0.339 e. The second-order valence-corrected chi connectivity index (χ2v) is 7.62. The third kappa shape index (κ3) is 5.10. The summed E-state index contributed by atoms with van der Waals surface area (Å²) in [5.41, 5.74) is 0.652. The summed E-state index contributed by atoms with van der Waals surface area (Å²) in [7, 11) is 0. The highest BCUT2D eigenvalue weighted by Gasteiger charge is 2.33. The molecule has 1 aromatic carbocycles. The highest BCUT2D eigenvalue weighted by Crippen LogP contribution is 2.29. The molecule has 0 spiro atoms. The van der Waals surface area contributed by atoms with E-state index in [1.165, 1.54) is 30.3 Å². The van der Waals surface area contributed by atoms with Crippen LogP contribution >= 0.6 is 11.8 Å². The van der Waals surface area contributed by atoms with Gasteiger partial charge in [-0.1, -0.05) is 17.8 Å². The molecule has 1 atom stereocenters. The predicted octanol–water partition coefficient (Wildman–Crippen LogP) is 2.18. The van der Waals surface area contributed by atoms with E-state index in [0.717, 1.165) is 25.9 Å². The summed E-state index contributed by atoms with van der Waals surface area (Å²) in [6.45, 7) is 1.45. The molecule has 28 heavy (non-hydrogen) atoms. The van der Waals surface area contributed by atoms with Crippen LogP contribution in [-0.4, -0.2) is 52.8 Å². The Labute approximate surface area is 166 Å². The number of esters is 1. The Morgan fingerprint density at radius 3 is 2.86 bits per heavy atom. The Bertz CT molecular complexity index is 843. The first-order valence-electron chi connectivity index (χ1n) is 9.05. The van der Waals surface area contributed by atoms with Crippen LogP contribution in [0.4, 0.5) is 5.69 Å². The van der Waals surface area contributed by atoms with Crippen LogP contribution in [0.2, 0.25) is 0 Å². The molecule has 1 aromatic rings. The molecule has 146 valence electrons. The van der Waals surface area contributed by atoms with Crippen molar-refractivity contribution in [1.82, 2.24) is 4.90 Å². The minimum Gasteiger partial charge on any atom is -0.447 e. The van der Waals surface area contributed by atoms with Gasteiger partial charge in [0.2, 0.25) is 5.91 Å². The van der Waals surface area contributed by atoms with E-state index in [1.54, 1.807) is 18.2 Å². The van der Waals surface area contributed by atoms with Crippen LogP contribution in [0.5, 0.6) is 0 Å². The van der Waals surface area contributed by atoms with Crippen LogP contribution in [-0.2, 0) is 14.3 Å². The van der Waals surface area contributed by atoms with Crippen molar-refractivity contribution in [2.24, 2.45) is 4.99 Å². The third-order valence-electron chi connectivity index (χ3n) is 4.38. The largest absolute Gasteiger partial charge is 0.447 e. The van der Waals surface area contributed by atoms with E-state index in [-0.39, 0.29) is 30.4 Å². The highest BCUT2D eigenvalue weighted by molar-refractivity contribution is 8.15. The number of amides is 2. The lowest BCUT2D eigenvalue weighted by Crippen LogP contribution is -2.33. The smallest absolute Gasteiger partial charge is 0.339 e. The summed E-state index contributed by atoms with van der Waals surface area (Å²) in [6.07, 6.45) is 3.38. The average molecular weight is 400 g/mol. The molecule has 9 heteroatoms. The van der Waals surface area contributed by atoms with Gasteiger partial charge in [0.05, 0.1) is 5.56 Å². The van der Waals surface area contributed by atoms with E-state index >= 15 is 0 Å². The third-order valence-corrected chi connectivity index (χ3v) is 5.59. The van der Waals surface area contributed by atoms with Gasteiger partial charge in [0.1, 0.15) is 11.3 Å². The summed E-state index contributed by atoms with van der Waals surface area (Å²) >= 11 is 1.34.